The number of anilines is 2. The summed E-state index contributed by atoms with van der Waals surface area (Å²) < 4.78 is 5.93. The maximum atomic E-state index is 12.9. The van der Waals surface area contributed by atoms with Gasteiger partial charge in [0, 0.05) is 18.8 Å². The Balaban J connectivity index is 1.55. The molecule has 1 saturated heterocycles. The van der Waals surface area contributed by atoms with E-state index in [1.54, 1.807) is 6.07 Å². The second-order valence-corrected chi connectivity index (χ2v) is 7.11. The number of aryl methyl sites for hydroxylation is 1. The molecule has 0 bridgehead atoms. The number of amides is 1. The predicted octanol–water partition coefficient (Wildman–Crippen LogP) is 4.82. The van der Waals surface area contributed by atoms with Crippen LogP contribution in [-0.2, 0) is 0 Å². The fourth-order valence-electron chi connectivity index (χ4n) is 3.37. The Labute approximate surface area is 170 Å². The third kappa shape index (κ3) is 4.71. The quantitative estimate of drug-likeness (QED) is 0.679. The van der Waals surface area contributed by atoms with Crippen LogP contribution >= 0.6 is 0 Å². The Kier molecular flexibility index (Phi) is 5.70. The van der Waals surface area contributed by atoms with E-state index in [0.29, 0.717) is 28.8 Å². The summed E-state index contributed by atoms with van der Waals surface area (Å²) >= 11 is 0. The summed E-state index contributed by atoms with van der Waals surface area (Å²) in [5, 5.41) is 2.93. The number of hydrogen-bond acceptors (Lipinski definition) is 5. The molecule has 29 heavy (non-hydrogen) atoms. The average Bonchev–Trinajstić information content (AvgIpc) is 2.76. The van der Waals surface area contributed by atoms with Gasteiger partial charge in [0.25, 0.3) is 5.91 Å². The minimum Gasteiger partial charge on any atom is -0.455 e. The lowest BCUT2D eigenvalue weighted by Crippen LogP contribution is -2.31. The van der Waals surface area contributed by atoms with Crippen LogP contribution in [-0.4, -0.2) is 29.0 Å². The molecule has 3 aromatic rings. The standard InChI is InChI=1S/C23H24N4O2/c1-17-16-20(26-23(24-17)27-14-8-3-9-15-27)22(28)25-19-12-6-7-13-21(19)29-18-10-4-2-5-11-18/h2,4-7,10-13,16H,3,8-9,14-15H2,1H3,(H,25,28). The molecule has 0 radical (unpaired) electrons. The van der Waals surface area contributed by atoms with Gasteiger partial charge >= 0.3 is 0 Å². The van der Waals surface area contributed by atoms with E-state index in [2.05, 4.69) is 20.2 Å². The van der Waals surface area contributed by atoms with Gasteiger partial charge in [0.1, 0.15) is 11.4 Å². The zero-order valence-corrected chi connectivity index (χ0v) is 16.5. The lowest BCUT2D eigenvalue weighted by Gasteiger charge is -2.27. The molecule has 2 heterocycles. The first kappa shape index (κ1) is 18.9. The van der Waals surface area contributed by atoms with Gasteiger partial charge in [-0.2, -0.15) is 0 Å². The second kappa shape index (κ2) is 8.73. The molecular weight excluding hydrogens is 364 g/mol. The molecule has 6 heteroatoms. The first-order chi connectivity index (χ1) is 14.2. The Morgan fingerprint density at radius 1 is 0.966 bits per heavy atom. The summed E-state index contributed by atoms with van der Waals surface area (Å²) in [6.07, 6.45) is 3.49. The van der Waals surface area contributed by atoms with Crippen molar-refractivity contribution in [1.82, 2.24) is 9.97 Å². The van der Waals surface area contributed by atoms with Crippen molar-refractivity contribution in [2.24, 2.45) is 0 Å². The molecule has 2 aromatic carbocycles. The van der Waals surface area contributed by atoms with Crippen LogP contribution in [0, 0.1) is 6.92 Å². The minimum absolute atomic E-state index is 0.280. The number of hydrogen-bond donors (Lipinski definition) is 1. The fourth-order valence-corrected chi connectivity index (χ4v) is 3.37. The average molecular weight is 388 g/mol. The molecule has 1 aliphatic rings. The van der Waals surface area contributed by atoms with Crippen molar-refractivity contribution < 1.29 is 9.53 Å². The minimum atomic E-state index is -0.280. The van der Waals surface area contributed by atoms with Crippen LogP contribution in [0.1, 0.15) is 35.4 Å². The Bertz CT molecular complexity index is 985. The highest BCUT2D eigenvalue weighted by atomic mass is 16.5. The highest BCUT2D eigenvalue weighted by Gasteiger charge is 2.18. The number of benzene rings is 2. The molecule has 0 aliphatic carbocycles. The van der Waals surface area contributed by atoms with Crippen molar-refractivity contribution in [1.29, 1.82) is 0 Å². The molecule has 0 spiro atoms. The third-order valence-corrected chi connectivity index (χ3v) is 4.82. The molecule has 0 unspecified atom stereocenters. The van der Waals surface area contributed by atoms with Crippen LogP contribution in [0.4, 0.5) is 11.6 Å². The van der Waals surface area contributed by atoms with Crippen molar-refractivity contribution in [2.75, 3.05) is 23.3 Å². The Hall–Kier alpha value is -3.41. The van der Waals surface area contributed by atoms with E-state index in [1.807, 2.05) is 61.5 Å². The molecule has 4 rings (SSSR count). The van der Waals surface area contributed by atoms with Crippen LogP contribution in [0.3, 0.4) is 0 Å². The van der Waals surface area contributed by atoms with Crippen molar-refractivity contribution in [2.45, 2.75) is 26.2 Å². The monoisotopic (exact) mass is 388 g/mol. The van der Waals surface area contributed by atoms with Gasteiger partial charge < -0.3 is 15.0 Å². The topological polar surface area (TPSA) is 67.3 Å². The number of carbonyl (C=O) groups excluding carboxylic acids is 1. The molecular formula is C23H24N4O2. The molecule has 0 saturated carbocycles. The highest BCUT2D eigenvalue weighted by molar-refractivity contribution is 6.03. The van der Waals surface area contributed by atoms with Gasteiger partial charge in [0.15, 0.2) is 5.75 Å². The maximum Gasteiger partial charge on any atom is 0.274 e. The van der Waals surface area contributed by atoms with E-state index in [0.717, 1.165) is 31.6 Å². The van der Waals surface area contributed by atoms with Crippen molar-refractivity contribution in [3.05, 3.63) is 72.1 Å². The summed E-state index contributed by atoms with van der Waals surface area (Å²) in [7, 11) is 0. The maximum absolute atomic E-state index is 12.9. The Morgan fingerprint density at radius 3 is 2.48 bits per heavy atom. The SMILES string of the molecule is Cc1cc(C(=O)Nc2ccccc2Oc2ccccc2)nc(N2CCCCC2)n1. The van der Waals surface area contributed by atoms with Gasteiger partial charge in [-0.3, -0.25) is 4.79 Å². The lowest BCUT2D eigenvalue weighted by atomic mass is 10.1. The Morgan fingerprint density at radius 2 is 1.69 bits per heavy atom. The first-order valence-electron chi connectivity index (χ1n) is 9.93. The smallest absolute Gasteiger partial charge is 0.274 e. The van der Waals surface area contributed by atoms with Gasteiger partial charge in [-0.25, -0.2) is 9.97 Å². The molecule has 1 aliphatic heterocycles. The van der Waals surface area contributed by atoms with E-state index < -0.39 is 0 Å². The van der Waals surface area contributed by atoms with Crippen LogP contribution < -0.4 is 15.0 Å². The highest BCUT2D eigenvalue weighted by Crippen LogP contribution is 2.29. The second-order valence-electron chi connectivity index (χ2n) is 7.11. The largest absolute Gasteiger partial charge is 0.455 e. The number of nitrogens with zero attached hydrogens (tertiary/aromatic N) is 3. The molecule has 148 valence electrons. The van der Waals surface area contributed by atoms with Crippen LogP contribution in [0.5, 0.6) is 11.5 Å². The number of aromatic nitrogens is 2. The van der Waals surface area contributed by atoms with E-state index in [9.17, 15) is 4.79 Å². The van der Waals surface area contributed by atoms with Crippen molar-refractivity contribution >= 4 is 17.5 Å². The summed E-state index contributed by atoms with van der Waals surface area (Å²) in [6, 6.07) is 18.6. The number of ether oxygens (including phenoxy) is 1. The zero-order chi connectivity index (χ0) is 20.1. The first-order valence-corrected chi connectivity index (χ1v) is 9.93. The van der Waals surface area contributed by atoms with Crippen LogP contribution in [0.15, 0.2) is 60.7 Å². The van der Waals surface area contributed by atoms with E-state index >= 15 is 0 Å². The fraction of sp³-hybridized carbons (Fsp3) is 0.261. The van der Waals surface area contributed by atoms with Crippen LogP contribution in [0.2, 0.25) is 0 Å². The van der Waals surface area contributed by atoms with E-state index in [1.165, 1.54) is 6.42 Å². The number of carbonyl (C=O) groups is 1. The molecule has 0 atom stereocenters. The van der Waals surface area contributed by atoms with E-state index in [4.69, 9.17) is 4.74 Å². The van der Waals surface area contributed by atoms with E-state index in [-0.39, 0.29) is 5.91 Å². The molecule has 1 aromatic heterocycles. The number of nitrogens with one attached hydrogen (secondary N) is 1. The summed E-state index contributed by atoms with van der Waals surface area (Å²) in [5.41, 5.74) is 1.73. The summed E-state index contributed by atoms with van der Waals surface area (Å²) in [6.45, 7) is 3.74. The lowest BCUT2D eigenvalue weighted by molar-refractivity contribution is 0.102. The van der Waals surface area contributed by atoms with Gasteiger partial charge in [-0.1, -0.05) is 30.3 Å². The van der Waals surface area contributed by atoms with Gasteiger partial charge in [0.2, 0.25) is 5.95 Å². The van der Waals surface area contributed by atoms with Crippen molar-refractivity contribution in [3.8, 4) is 11.5 Å². The number of rotatable bonds is 5. The van der Waals surface area contributed by atoms with Gasteiger partial charge in [0.05, 0.1) is 5.69 Å². The predicted molar refractivity (Wildman–Crippen MR) is 114 cm³/mol. The van der Waals surface area contributed by atoms with Crippen molar-refractivity contribution in [3.63, 3.8) is 0 Å². The summed E-state index contributed by atoms with van der Waals surface area (Å²) in [5.74, 6) is 1.63. The van der Waals surface area contributed by atoms with Gasteiger partial charge in [-0.15, -0.1) is 0 Å². The molecule has 1 N–H and O–H groups in total. The summed E-state index contributed by atoms with van der Waals surface area (Å²) in [4.78, 5) is 24.1. The number of para-hydroxylation sites is 3. The van der Waals surface area contributed by atoms with Crippen LogP contribution in [0.25, 0.3) is 0 Å². The van der Waals surface area contributed by atoms with Gasteiger partial charge in [-0.05, 0) is 56.5 Å². The zero-order valence-electron chi connectivity index (χ0n) is 16.5. The number of piperidine rings is 1. The third-order valence-electron chi connectivity index (χ3n) is 4.82. The molecule has 6 nitrogen and oxygen atoms in total. The molecule has 1 amide bonds. The normalized spacial score (nSPS) is 13.8. The molecule has 1 fully saturated rings.